The molecule has 2 heterocycles. The Morgan fingerprint density at radius 3 is 2.53 bits per heavy atom. The third-order valence-electron chi connectivity index (χ3n) is 7.18. The second-order valence-electron chi connectivity index (χ2n) is 9.29. The third-order valence-corrected chi connectivity index (χ3v) is 7.18. The molecule has 7 heteroatoms. The first-order valence-corrected chi connectivity index (χ1v) is 11.0. The number of hydrogen-bond acceptors (Lipinski definition) is 5. The summed E-state index contributed by atoms with van der Waals surface area (Å²) in [4.78, 5) is 15.2. The van der Waals surface area contributed by atoms with Crippen molar-refractivity contribution < 1.29 is 15.0 Å². The fourth-order valence-electron chi connectivity index (χ4n) is 5.37. The van der Waals surface area contributed by atoms with E-state index < -0.39 is 12.2 Å². The van der Waals surface area contributed by atoms with Gasteiger partial charge in [-0.05, 0) is 48.4 Å². The molecule has 1 aromatic carbocycles. The number of nitrogens with one attached hydrogen (secondary N) is 1. The van der Waals surface area contributed by atoms with Gasteiger partial charge in [0.05, 0.1) is 17.9 Å². The smallest absolute Gasteiger partial charge is 0.224 e. The molecule has 160 valence electrons. The van der Waals surface area contributed by atoms with Gasteiger partial charge in [-0.25, -0.2) is 4.68 Å². The fraction of sp³-hybridized carbons (Fsp3) is 0.565. The fourth-order valence-corrected chi connectivity index (χ4v) is 5.37. The van der Waals surface area contributed by atoms with Gasteiger partial charge < -0.3 is 15.5 Å². The second kappa shape index (κ2) is 7.80. The zero-order valence-corrected chi connectivity index (χ0v) is 17.3. The average Bonchev–Trinajstić information content (AvgIpc) is 3.21. The highest BCUT2D eigenvalue weighted by molar-refractivity contribution is 5.80. The number of nitrogens with zero attached hydrogens (tertiary/aromatic N) is 3. The van der Waals surface area contributed by atoms with E-state index in [4.69, 9.17) is 0 Å². The minimum Gasteiger partial charge on any atom is -0.390 e. The Morgan fingerprint density at radius 2 is 1.87 bits per heavy atom. The van der Waals surface area contributed by atoms with Gasteiger partial charge in [-0.15, -0.1) is 0 Å². The maximum Gasteiger partial charge on any atom is 0.224 e. The highest BCUT2D eigenvalue weighted by Crippen LogP contribution is 2.44. The largest absolute Gasteiger partial charge is 0.390 e. The Bertz CT molecular complexity index is 880. The summed E-state index contributed by atoms with van der Waals surface area (Å²) in [5.74, 6) is -0.444. The van der Waals surface area contributed by atoms with Crippen molar-refractivity contribution in [3.05, 3.63) is 48.3 Å². The van der Waals surface area contributed by atoms with Crippen molar-refractivity contribution in [2.45, 2.75) is 44.6 Å². The minimum atomic E-state index is -0.852. The number of hydrogen-bond donors (Lipinski definition) is 3. The molecule has 0 spiro atoms. The number of likely N-dealkylation sites (tertiary alicyclic amines) is 1. The molecule has 30 heavy (non-hydrogen) atoms. The van der Waals surface area contributed by atoms with Crippen LogP contribution in [0.3, 0.4) is 0 Å². The van der Waals surface area contributed by atoms with E-state index in [1.165, 1.54) is 5.56 Å². The molecule has 5 rings (SSSR count). The molecule has 3 aliphatic rings. The van der Waals surface area contributed by atoms with Gasteiger partial charge in [-0.1, -0.05) is 19.1 Å². The molecule has 3 N–H and O–H groups in total. The standard InChI is InChI=1S/C23H30N4O3/c1-14-20(23(30)25-16-5-6-16)18-12-26(13-19(18)22(29)21(14)28)11-15-3-7-17(8-4-15)27-10-2-9-24-27/h2-4,7-10,14,16,18-22,28-29H,5-6,11-13H2,1H3,(H,25,30)/t14-,18+,19+,20+,21+,22+/m1/s1. The van der Waals surface area contributed by atoms with Crippen LogP contribution in [0.4, 0.5) is 0 Å². The summed E-state index contributed by atoms with van der Waals surface area (Å²) < 4.78 is 1.83. The van der Waals surface area contributed by atoms with E-state index in [-0.39, 0.29) is 29.6 Å². The lowest BCUT2D eigenvalue weighted by molar-refractivity contribution is -0.145. The molecule has 2 saturated carbocycles. The molecule has 1 aliphatic heterocycles. The van der Waals surface area contributed by atoms with E-state index >= 15 is 0 Å². The van der Waals surface area contributed by atoms with Crippen molar-refractivity contribution in [2.24, 2.45) is 23.7 Å². The summed E-state index contributed by atoms with van der Waals surface area (Å²) in [6.07, 6.45) is 4.15. The molecule has 0 radical (unpaired) electrons. The number of aromatic nitrogens is 2. The molecule has 1 saturated heterocycles. The molecule has 2 aromatic rings. The average molecular weight is 411 g/mol. The van der Waals surface area contributed by atoms with Gasteiger partial charge in [0.25, 0.3) is 0 Å². The number of carbonyl (C=O) groups is 1. The maximum absolute atomic E-state index is 12.9. The van der Waals surface area contributed by atoms with E-state index in [1.807, 2.05) is 23.9 Å². The predicted octanol–water partition coefficient (Wildman–Crippen LogP) is 1.19. The number of fused-ring (bicyclic) bond motifs is 1. The molecule has 6 atom stereocenters. The number of aliphatic hydroxyl groups is 2. The maximum atomic E-state index is 12.9. The van der Waals surface area contributed by atoms with E-state index in [2.05, 4.69) is 39.6 Å². The normalized spacial score (nSPS) is 34.0. The topological polar surface area (TPSA) is 90.6 Å². The summed E-state index contributed by atoms with van der Waals surface area (Å²) in [5.41, 5.74) is 2.20. The Hall–Kier alpha value is -2.22. The lowest BCUT2D eigenvalue weighted by Crippen LogP contribution is -2.55. The number of carbonyl (C=O) groups excluding carboxylic acids is 1. The summed E-state index contributed by atoms with van der Waals surface area (Å²) in [7, 11) is 0. The van der Waals surface area contributed by atoms with Gasteiger partial charge >= 0.3 is 0 Å². The zero-order chi connectivity index (χ0) is 20.8. The number of amides is 1. The van der Waals surface area contributed by atoms with Crippen LogP contribution in [0.15, 0.2) is 42.7 Å². The van der Waals surface area contributed by atoms with Crippen molar-refractivity contribution in [1.29, 1.82) is 0 Å². The minimum absolute atomic E-state index is 0.0522. The van der Waals surface area contributed by atoms with Gasteiger partial charge in [0, 0.05) is 49.9 Å². The van der Waals surface area contributed by atoms with Gasteiger partial charge in [-0.3, -0.25) is 9.69 Å². The Labute approximate surface area is 176 Å². The van der Waals surface area contributed by atoms with Gasteiger partial charge in [0.2, 0.25) is 5.91 Å². The van der Waals surface area contributed by atoms with Crippen LogP contribution in [0.5, 0.6) is 0 Å². The van der Waals surface area contributed by atoms with Crippen molar-refractivity contribution in [3.8, 4) is 5.69 Å². The Balaban J connectivity index is 1.29. The second-order valence-corrected chi connectivity index (χ2v) is 9.29. The van der Waals surface area contributed by atoms with Crippen LogP contribution in [0.25, 0.3) is 5.69 Å². The molecule has 2 aliphatic carbocycles. The number of rotatable bonds is 5. The van der Waals surface area contributed by atoms with Crippen LogP contribution in [0.1, 0.15) is 25.3 Å². The summed E-state index contributed by atoms with van der Waals surface area (Å²) in [6, 6.07) is 10.5. The van der Waals surface area contributed by atoms with E-state index in [0.717, 1.165) is 31.6 Å². The first-order chi connectivity index (χ1) is 14.5. The van der Waals surface area contributed by atoms with Crippen molar-refractivity contribution >= 4 is 5.91 Å². The zero-order valence-electron chi connectivity index (χ0n) is 17.3. The number of benzene rings is 1. The van der Waals surface area contributed by atoms with Gasteiger partial charge in [-0.2, -0.15) is 5.10 Å². The van der Waals surface area contributed by atoms with E-state index in [1.54, 1.807) is 6.20 Å². The number of aliphatic hydroxyl groups excluding tert-OH is 2. The molecular weight excluding hydrogens is 380 g/mol. The molecule has 7 nitrogen and oxygen atoms in total. The van der Waals surface area contributed by atoms with Gasteiger partial charge in [0.15, 0.2) is 0 Å². The molecule has 1 aromatic heterocycles. The summed E-state index contributed by atoms with van der Waals surface area (Å²) >= 11 is 0. The lowest BCUT2D eigenvalue weighted by atomic mass is 9.65. The first kappa shape index (κ1) is 19.7. The SMILES string of the molecule is C[C@H]1[C@H](O)[C@@H](O)[C@H]2CN(Cc3ccc(-n4cccn4)cc3)C[C@@H]2[C@H]1C(=O)NC1CC1. The van der Waals surface area contributed by atoms with Crippen molar-refractivity contribution in [1.82, 2.24) is 20.0 Å². The molecule has 3 fully saturated rings. The van der Waals surface area contributed by atoms with E-state index in [9.17, 15) is 15.0 Å². The van der Waals surface area contributed by atoms with Crippen molar-refractivity contribution in [2.75, 3.05) is 13.1 Å². The highest BCUT2D eigenvalue weighted by atomic mass is 16.3. The van der Waals surface area contributed by atoms with Crippen LogP contribution >= 0.6 is 0 Å². The first-order valence-electron chi connectivity index (χ1n) is 11.0. The Morgan fingerprint density at radius 1 is 1.13 bits per heavy atom. The molecule has 1 amide bonds. The van der Waals surface area contributed by atoms with Crippen LogP contribution < -0.4 is 5.32 Å². The quantitative estimate of drug-likeness (QED) is 0.689. The predicted molar refractivity (Wildman–Crippen MR) is 112 cm³/mol. The Kier molecular flexibility index (Phi) is 5.13. The monoisotopic (exact) mass is 410 g/mol. The van der Waals surface area contributed by atoms with Crippen LogP contribution in [0.2, 0.25) is 0 Å². The van der Waals surface area contributed by atoms with Crippen LogP contribution in [0, 0.1) is 23.7 Å². The third kappa shape index (κ3) is 3.66. The van der Waals surface area contributed by atoms with Crippen LogP contribution in [-0.2, 0) is 11.3 Å². The molecule has 0 unspecified atom stereocenters. The highest BCUT2D eigenvalue weighted by Gasteiger charge is 2.54. The van der Waals surface area contributed by atoms with Crippen molar-refractivity contribution in [3.63, 3.8) is 0 Å². The lowest BCUT2D eigenvalue weighted by Gasteiger charge is -2.43. The summed E-state index contributed by atoms with van der Waals surface area (Å²) in [6.45, 7) is 4.13. The summed E-state index contributed by atoms with van der Waals surface area (Å²) in [5, 5.41) is 28.7. The molecular formula is C23H30N4O3. The van der Waals surface area contributed by atoms with Crippen LogP contribution in [-0.4, -0.2) is 62.1 Å². The van der Waals surface area contributed by atoms with E-state index in [0.29, 0.717) is 12.6 Å². The van der Waals surface area contributed by atoms with Gasteiger partial charge in [0.1, 0.15) is 0 Å². The molecule has 0 bridgehead atoms.